The van der Waals surface area contributed by atoms with Crippen molar-refractivity contribution in [3.8, 4) is 11.4 Å². The molecular formula is C24H33N9O2S. The Morgan fingerprint density at radius 1 is 1.28 bits per heavy atom. The minimum Gasteiger partial charge on any atom is -0.368 e. The van der Waals surface area contributed by atoms with Crippen molar-refractivity contribution in [2.45, 2.75) is 56.5 Å². The van der Waals surface area contributed by atoms with E-state index in [1.807, 2.05) is 10.3 Å². The predicted octanol–water partition coefficient (Wildman–Crippen LogP) is 1.42. The maximum Gasteiger partial charge on any atom is 0.271 e. The summed E-state index contributed by atoms with van der Waals surface area (Å²) in [7, 11) is 4.18. The topological polar surface area (TPSA) is 145 Å². The zero-order valence-corrected chi connectivity index (χ0v) is 21.9. The molecule has 5 rings (SSSR count). The third kappa shape index (κ3) is 4.66. The number of nitrogens with two attached hydrogens (primary N) is 1. The molecule has 2 aromatic heterocycles. The summed E-state index contributed by atoms with van der Waals surface area (Å²) in [6.45, 7) is 5.71. The molecule has 0 bridgehead atoms. The molecule has 1 atom stereocenters. The van der Waals surface area contributed by atoms with E-state index in [-0.39, 0.29) is 28.7 Å². The Morgan fingerprint density at radius 3 is 2.75 bits per heavy atom. The molecule has 0 spiro atoms. The van der Waals surface area contributed by atoms with Crippen LogP contribution in [0.15, 0.2) is 17.3 Å². The quantitative estimate of drug-likeness (QED) is 0.468. The summed E-state index contributed by atoms with van der Waals surface area (Å²) in [5.41, 5.74) is 9.41. The number of nitrogens with one attached hydrogen (secondary N) is 3. The maximum absolute atomic E-state index is 13.3. The van der Waals surface area contributed by atoms with Gasteiger partial charge >= 0.3 is 0 Å². The first-order valence-electron chi connectivity index (χ1n) is 12.2. The monoisotopic (exact) mass is 511 g/mol. The number of carbonyl (C=O) groups is 2. The van der Waals surface area contributed by atoms with Crippen molar-refractivity contribution in [2.75, 3.05) is 32.9 Å². The largest absolute Gasteiger partial charge is 0.368 e. The Labute approximate surface area is 214 Å². The Morgan fingerprint density at radius 2 is 2.03 bits per heavy atom. The lowest BCUT2D eigenvalue weighted by atomic mass is 9.73. The Bertz CT molecular complexity index is 1210. The van der Waals surface area contributed by atoms with Crippen molar-refractivity contribution in [1.29, 1.82) is 0 Å². The summed E-state index contributed by atoms with van der Waals surface area (Å²) >= 11 is 1.44. The van der Waals surface area contributed by atoms with Crippen LogP contribution in [0.5, 0.6) is 0 Å². The van der Waals surface area contributed by atoms with Gasteiger partial charge in [-0.15, -0.1) is 0 Å². The van der Waals surface area contributed by atoms with Gasteiger partial charge in [0.25, 0.3) is 5.91 Å². The average molecular weight is 512 g/mol. The van der Waals surface area contributed by atoms with E-state index in [2.05, 4.69) is 63.6 Å². The molecule has 2 amide bonds. The molecule has 4 heterocycles. The minimum absolute atomic E-state index is 0.114. The number of piperidine rings is 1. The second-order valence-electron chi connectivity index (χ2n) is 10.5. The van der Waals surface area contributed by atoms with Crippen molar-refractivity contribution in [1.82, 2.24) is 40.6 Å². The summed E-state index contributed by atoms with van der Waals surface area (Å²) in [5, 5.41) is 15.5. The number of H-pyrrole nitrogens is 1. The molecule has 3 aliphatic rings. The van der Waals surface area contributed by atoms with E-state index in [1.165, 1.54) is 11.8 Å². The highest BCUT2D eigenvalue weighted by Crippen LogP contribution is 2.42. The van der Waals surface area contributed by atoms with Crippen LogP contribution in [0.4, 0.5) is 5.95 Å². The normalized spacial score (nSPS) is 21.0. The number of nitrogen functional groups attached to an aromatic ring is 1. The molecule has 1 aliphatic carbocycles. The van der Waals surface area contributed by atoms with E-state index in [0.29, 0.717) is 36.0 Å². The van der Waals surface area contributed by atoms with Gasteiger partial charge in [-0.25, -0.2) is 9.97 Å². The van der Waals surface area contributed by atoms with Gasteiger partial charge in [-0.1, -0.05) is 25.6 Å². The summed E-state index contributed by atoms with van der Waals surface area (Å²) in [6.07, 6.45) is 4.69. The smallest absolute Gasteiger partial charge is 0.271 e. The van der Waals surface area contributed by atoms with E-state index in [9.17, 15) is 9.59 Å². The highest BCUT2D eigenvalue weighted by Gasteiger charge is 2.39. The second-order valence-corrected chi connectivity index (χ2v) is 11.5. The number of hydrogen-bond acceptors (Lipinski definition) is 9. The number of amides is 2. The van der Waals surface area contributed by atoms with Crippen LogP contribution in [0.25, 0.3) is 11.4 Å². The van der Waals surface area contributed by atoms with E-state index in [4.69, 9.17) is 5.73 Å². The van der Waals surface area contributed by atoms with Crippen LogP contribution in [0.1, 0.15) is 54.7 Å². The molecule has 5 N–H and O–H groups in total. The summed E-state index contributed by atoms with van der Waals surface area (Å²) in [4.78, 5) is 38.7. The number of nitrogens with zero attached hydrogens (tertiary/aromatic N) is 5. The number of thioether (sulfide) groups is 1. The second kappa shape index (κ2) is 9.40. The Kier molecular flexibility index (Phi) is 6.41. The van der Waals surface area contributed by atoms with Crippen LogP contribution in [-0.2, 0) is 16.6 Å². The molecule has 1 fully saturated rings. The molecule has 1 saturated heterocycles. The molecule has 2 aromatic rings. The number of aromatic amines is 1. The molecule has 36 heavy (non-hydrogen) atoms. The lowest BCUT2D eigenvalue weighted by Gasteiger charge is -2.35. The van der Waals surface area contributed by atoms with Crippen molar-refractivity contribution >= 4 is 29.5 Å². The van der Waals surface area contributed by atoms with Crippen LogP contribution >= 0.6 is 11.8 Å². The zero-order chi connectivity index (χ0) is 25.6. The number of aromatic nitrogens is 4. The molecule has 11 nitrogen and oxygen atoms in total. The van der Waals surface area contributed by atoms with Crippen LogP contribution < -0.4 is 16.4 Å². The zero-order valence-electron chi connectivity index (χ0n) is 21.1. The van der Waals surface area contributed by atoms with Gasteiger partial charge in [-0.3, -0.25) is 14.7 Å². The summed E-state index contributed by atoms with van der Waals surface area (Å²) < 4.78 is 0. The first-order chi connectivity index (χ1) is 17.1. The lowest BCUT2D eigenvalue weighted by Crippen LogP contribution is -2.45. The van der Waals surface area contributed by atoms with Gasteiger partial charge in [0.2, 0.25) is 11.9 Å². The first-order valence-corrected chi connectivity index (χ1v) is 13.1. The third-order valence-corrected chi connectivity index (χ3v) is 8.15. The van der Waals surface area contributed by atoms with E-state index < -0.39 is 0 Å². The Hall–Kier alpha value is -3.12. The van der Waals surface area contributed by atoms with Crippen molar-refractivity contribution in [2.24, 2.45) is 0 Å². The van der Waals surface area contributed by atoms with Crippen molar-refractivity contribution in [3.63, 3.8) is 0 Å². The summed E-state index contributed by atoms with van der Waals surface area (Å²) in [5.74, 6) is 0.0251. The number of likely N-dealkylation sites (tertiary alicyclic amines) is 1. The molecule has 0 saturated carbocycles. The molecule has 2 aliphatic heterocycles. The number of carbonyl (C=O) groups excluding carboxylic acids is 2. The van der Waals surface area contributed by atoms with Gasteiger partial charge in [0.05, 0.1) is 12.1 Å². The van der Waals surface area contributed by atoms with Gasteiger partial charge in [0.15, 0.2) is 5.50 Å². The number of fused-ring (bicyclic) bond motifs is 3. The lowest BCUT2D eigenvalue weighted by molar-refractivity contribution is -0.132. The van der Waals surface area contributed by atoms with Gasteiger partial charge in [0, 0.05) is 36.6 Å². The van der Waals surface area contributed by atoms with Crippen molar-refractivity contribution < 1.29 is 9.59 Å². The maximum atomic E-state index is 13.3. The molecule has 192 valence electrons. The third-order valence-electron chi connectivity index (χ3n) is 7.22. The summed E-state index contributed by atoms with van der Waals surface area (Å²) in [6, 6.07) is 0.532. The molecule has 0 radical (unpaired) electrons. The molecule has 1 unspecified atom stereocenters. The van der Waals surface area contributed by atoms with Crippen LogP contribution in [0, 0.1) is 0 Å². The highest BCUT2D eigenvalue weighted by molar-refractivity contribution is 8.02. The fraction of sp³-hybridized carbons (Fsp3) is 0.542. The SMILES string of the molecule is CN(C)C1CCN(C(=O)CC2=CSC(NC(=O)c3[nH]nc4c3C(C)(C)Cc3cnc(N)nc3-4)N2)CC1. The average Bonchev–Trinajstić information content (AvgIpc) is 3.47. The first kappa shape index (κ1) is 24.6. The van der Waals surface area contributed by atoms with Crippen LogP contribution in [-0.4, -0.2) is 80.5 Å². The van der Waals surface area contributed by atoms with Crippen LogP contribution in [0.3, 0.4) is 0 Å². The highest BCUT2D eigenvalue weighted by atomic mass is 32.2. The van der Waals surface area contributed by atoms with E-state index in [1.54, 1.807) is 6.20 Å². The van der Waals surface area contributed by atoms with Crippen LogP contribution in [0.2, 0.25) is 0 Å². The Balaban J connectivity index is 1.21. The predicted molar refractivity (Wildman–Crippen MR) is 139 cm³/mol. The van der Waals surface area contributed by atoms with Crippen molar-refractivity contribution in [3.05, 3.63) is 34.1 Å². The molecular weight excluding hydrogens is 478 g/mol. The van der Waals surface area contributed by atoms with Gasteiger partial charge in [-0.2, -0.15) is 5.10 Å². The fourth-order valence-electron chi connectivity index (χ4n) is 5.30. The molecule has 0 aromatic carbocycles. The van der Waals surface area contributed by atoms with Gasteiger partial charge in [0.1, 0.15) is 11.4 Å². The number of hydrogen-bond donors (Lipinski definition) is 4. The minimum atomic E-state index is -0.365. The number of anilines is 1. The number of rotatable bonds is 5. The van der Waals surface area contributed by atoms with Gasteiger partial charge in [-0.05, 0) is 49.7 Å². The van der Waals surface area contributed by atoms with E-state index in [0.717, 1.165) is 42.8 Å². The fourth-order valence-corrected chi connectivity index (χ4v) is 6.15. The standard InChI is InChI=1S/C24H33N9O2S/c1-24(2)10-13-11-26-22(25)28-18(13)19-17(24)20(31-30-19)21(35)29-23-27-14(12-36-23)9-16(34)33-7-5-15(6-8-33)32(3)4/h11-12,15,23,27H,5-10H2,1-4H3,(H,29,35)(H,30,31)(H2,25,26,28). The van der Waals surface area contributed by atoms with Gasteiger partial charge < -0.3 is 26.2 Å². The van der Waals surface area contributed by atoms with E-state index >= 15 is 0 Å². The molecule has 12 heteroatoms.